The zero-order valence-electron chi connectivity index (χ0n) is 6.18. The van der Waals surface area contributed by atoms with Crippen molar-refractivity contribution in [1.29, 1.82) is 0 Å². The summed E-state index contributed by atoms with van der Waals surface area (Å²) in [6.07, 6.45) is -7.49. The molecule has 1 atom stereocenters. The van der Waals surface area contributed by atoms with E-state index in [2.05, 4.69) is 15.9 Å². The normalized spacial score (nSPS) is 15.8. The number of hydrogen-bond donors (Lipinski definition) is 2. The van der Waals surface area contributed by atoms with Gasteiger partial charge in [-0.15, -0.1) is 0 Å². The minimum atomic E-state index is -4.81. The van der Waals surface area contributed by atoms with E-state index in [0.717, 1.165) is 0 Å². The van der Waals surface area contributed by atoms with E-state index >= 15 is 0 Å². The lowest BCUT2D eigenvalue weighted by Gasteiger charge is -2.14. The van der Waals surface area contributed by atoms with Gasteiger partial charge in [-0.1, -0.05) is 15.9 Å². The van der Waals surface area contributed by atoms with Crippen molar-refractivity contribution in [1.82, 2.24) is 4.72 Å². The molecule has 0 radical (unpaired) electrons. The zero-order valence-corrected chi connectivity index (χ0v) is 8.58. The van der Waals surface area contributed by atoms with Crippen LogP contribution < -0.4 is 4.72 Å². The van der Waals surface area contributed by atoms with Crippen LogP contribution >= 0.6 is 15.9 Å². The molecular formula is C4H7BrF3NO3S. The number of rotatable bonds is 4. The number of hydrogen-bond acceptors (Lipinski definition) is 3. The highest BCUT2D eigenvalue weighted by Crippen LogP contribution is 2.19. The Morgan fingerprint density at radius 1 is 1.46 bits per heavy atom. The van der Waals surface area contributed by atoms with Crippen molar-refractivity contribution in [3.05, 3.63) is 0 Å². The topological polar surface area (TPSA) is 66.4 Å². The summed E-state index contributed by atoms with van der Waals surface area (Å²) in [5.41, 5.74) is 0. The first kappa shape index (κ1) is 13.1. The summed E-state index contributed by atoms with van der Waals surface area (Å²) in [7, 11) is -3.77. The Morgan fingerprint density at radius 3 is 2.23 bits per heavy atom. The molecule has 0 rings (SSSR count). The largest absolute Gasteiger partial charge is 0.415 e. The number of nitrogens with one attached hydrogen (secondary N) is 1. The van der Waals surface area contributed by atoms with Crippen LogP contribution in [0.3, 0.4) is 0 Å². The molecule has 9 heteroatoms. The second kappa shape index (κ2) is 4.58. The molecule has 0 heterocycles. The van der Waals surface area contributed by atoms with Crippen molar-refractivity contribution in [2.45, 2.75) is 12.3 Å². The molecule has 0 aliphatic carbocycles. The van der Waals surface area contributed by atoms with Gasteiger partial charge in [0, 0.05) is 6.54 Å². The number of aliphatic hydroxyl groups is 1. The summed E-state index contributed by atoms with van der Waals surface area (Å²) in [4.78, 5) is 0. The smallest absolute Gasteiger partial charge is 0.382 e. The van der Waals surface area contributed by atoms with Gasteiger partial charge in [0.2, 0.25) is 10.0 Å². The monoisotopic (exact) mass is 285 g/mol. The van der Waals surface area contributed by atoms with E-state index in [0.29, 0.717) is 0 Å². The van der Waals surface area contributed by atoms with Gasteiger partial charge in [-0.25, -0.2) is 13.1 Å². The summed E-state index contributed by atoms with van der Waals surface area (Å²) in [5, 5.41) is 8.38. The predicted octanol–water partition coefficient (Wildman–Crippen LogP) is 0.181. The van der Waals surface area contributed by atoms with Gasteiger partial charge in [-0.3, -0.25) is 0 Å². The molecule has 0 saturated carbocycles. The molecule has 4 nitrogen and oxygen atoms in total. The summed E-state index contributed by atoms with van der Waals surface area (Å²) < 4.78 is 57.1. The molecule has 0 saturated heterocycles. The van der Waals surface area contributed by atoms with Gasteiger partial charge in [-0.2, -0.15) is 13.2 Å². The molecule has 0 aromatic heterocycles. The molecule has 13 heavy (non-hydrogen) atoms. The lowest BCUT2D eigenvalue weighted by molar-refractivity contribution is -0.200. The SMILES string of the molecule is O=S(=O)(CBr)NCC(O)C(F)(F)F. The fourth-order valence-corrected chi connectivity index (χ4v) is 1.33. The molecule has 0 aromatic rings. The van der Waals surface area contributed by atoms with Gasteiger partial charge in [0.15, 0.2) is 6.10 Å². The molecule has 1 unspecified atom stereocenters. The summed E-state index contributed by atoms with van der Waals surface area (Å²) in [5.74, 6) is 0. The number of alkyl halides is 4. The molecular weight excluding hydrogens is 279 g/mol. The lowest BCUT2D eigenvalue weighted by Crippen LogP contribution is -2.40. The second-order valence-corrected chi connectivity index (χ2v) is 5.24. The van der Waals surface area contributed by atoms with Gasteiger partial charge in [0.05, 0.1) is 0 Å². The maximum atomic E-state index is 11.6. The van der Waals surface area contributed by atoms with Crippen LogP contribution in [0.15, 0.2) is 0 Å². The Hall–Kier alpha value is 0.140. The quantitative estimate of drug-likeness (QED) is 0.725. The molecule has 0 aromatic carbocycles. The first-order valence-corrected chi connectivity index (χ1v) is 5.74. The van der Waals surface area contributed by atoms with E-state index in [1.165, 1.54) is 0 Å². The highest BCUT2D eigenvalue weighted by molar-refractivity contribution is 9.10. The van der Waals surface area contributed by atoms with E-state index in [4.69, 9.17) is 5.11 Å². The van der Waals surface area contributed by atoms with Crippen molar-refractivity contribution in [2.75, 3.05) is 11.2 Å². The van der Waals surface area contributed by atoms with Crippen molar-refractivity contribution in [3.8, 4) is 0 Å². The van der Waals surface area contributed by atoms with E-state index < -0.39 is 33.5 Å². The summed E-state index contributed by atoms with van der Waals surface area (Å²) in [6.45, 7) is -1.07. The first-order valence-electron chi connectivity index (χ1n) is 2.97. The first-order chi connectivity index (χ1) is 5.69. The molecule has 0 amide bonds. The third-order valence-electron chi connectivity index (χ3n) is 1.02. The fourth-order valence-electron chi connectivity index (χ4n) is 0.360. The van der Waals surface area contributed by atoms with Crippen LogP contribution in [0, 0.1) is 0 Å². The molecule has 0 aliphatic rings. The third kappa shape index (κ3) is 5.45. The van der Waals surface area contributed by atoms with Gasteiger partial charge in [0.25, 0.3) is 0 Å². The maximum Gasteiger partial charge on any atom is 0.415 e. The second-order valence-electron chi connectivity index (χ2n) is 2.13. The van der Waals surface area contributed by atoms with Crippen LogP contribution in [0.2, 0.25) is 0 Å². The minimum Gasteiger partial charge on any atom is -0.382 e. The number of sulfonamides is 1. The molecule has 0 spiro atoms. The maximum absolute atomic E-state index is 11.6. The third-order valence-corrected chi connectivity index (χ3v) is 3.72. The van der Waals surface area contributed by atoms with Crippen LogP contribution in [-0.4, -0.2) is 37.0 Å². The van der Waals surface area contributed by atoms with E-state index in [9.17, 15) is 21.6 Å². The van der Waals surface area contributed by atoms with Crippen molar-refractivity contribution in [3.63, 3.8) is 0 Å². The Labute approximate surface area is 81.3 Å². The van der Waals surface area contributed by atoms with Crippen molar-refractivity contribution < 1.29 is 26.7 Å². The highest BCUT2D eigenvalue weighted by Gasteiger charge is 2.38. The molecule has 0 aliphatic heterocycles. The van der Waals surface area contributed by atoms with Crippen LogP contribution in [-0.2, 0) is 10.0 Å². The Morgan fingerprint density at radius 2 is 1.92 bits per heavy atom. The van der Waals surface area contributed by atoms with Gasteiger partial charge in [0.1, 0.15) is 4.66 Å². The van der Waals surface area contributed by atoms with E-state index in [-0.39, 0.29) is 0 Å². The van der Waals surface area contributed by atoms with Crippen LogP contribution in [0.5, 0.6) is 0 Å². The Kier molecular flexibility index (Phi) is 4.63. The summed E-state index contributed by atoms with van der Waals surface area (Å²) >= 11 is 2.56. The Bertz CT molecular complexity index is 252. The van der Waals surface area contributed by atoms with Crippen molar-refractivity contribution >= 4 is 26.0 Å². The summed E-state index contributed by atoms with van der Waals surface area (Å²) in [6, 6.07) is 0. The highest BCUT2D eigenvalue weighted by atomic mass is 79.9. The van der Waals surface area contributed by atoms with Crippen molar-refractivity contribution in [2.24, 2.45) is 0 Å². The molecule has 2 N–H and O–H groups in total. The Balaban J connectivity index is 4.05. The fraction of sp³-hybridized carbons (Fsp3) is 1.00. The zero-order chi connectivity index (χ0) is 10.7. The van der Waals surface area contributed by atoms with Crippen LogP contribution in [0.1, 0.15) is 0 Å². The average Bonchev–Trinajstić information content (AvgIpc) is 1.98. The number of aliphatic hydroxyl groups excluding tert-OH is 1. The molecule has 80 valence electrons. The molecule has 0 bridgehead atoms. The standard InChI is InChI=1S/C4H7BrF3NO3S/c5-2-13(11,12)9-1-3(10)4(6,7)8/h3,9-10H,1-2H2. The van der Waals surface area contributed by atoms with E-state index in [1.807, 2.05) is 0 Å². The van der Waals surface area contributed by atoms with Gasteiger partial charge >= 0.3 is 6.18 Å². The predicted molar refractivity (Wildman–Crippen MR) is 42.8 cm³/mol. The average molecular weight is 286 g/mol. The van der Waals surface area contributed by atoms with Crippen LogP contribution in [0.25, 0.3) is 0 Å². The number of halogens is 4. The molecule has 0 fully saturated rings. The van der Waals surface area contributed by atoms with Gasteiger partial charge < -0.3 is 5.11 Å². The van der Waals surface area contributed by atoms with Crippen LogP contribution in [0.4, 0.5) is 13.2 Å². The van der Waals surface area contributed by atoms with E-state index in [1.54, 1.807) is 4.72 Å². The van der Waals surface area contributed by atoms with Gasteiger partial charge in [-0.05, 0) is 0 Å². The lowest BCUT2D eigenvalue weighted by atomic mass is 10.4. The minimum absolute atomic E-state index is 0.509.